The zero-order valence-corrected chi connectivity index (χ0v) is 12.1. The van der Waals surface area contributed by atoms with Crippen molar-refractivity contribution in [3.8, 4) is 0 Å². The van der Waals surface area contributed by atoms with Crippen LogP contribution in [0.5, 0.6) is 0 Å². The zero-order chi connectivity index (χ0) is 13.1. The van der Waals surface area contributed by atoms with Crippen molar-refractivity contribution in [2.75, 3.05) is 26.7 Å². The topological polar surface area (TPSA) is 24.3 Å². The summed E-state index contributed by atoms with van der Waals surface area (Å²) < 4.78 is 1.96. The van der Waals surface area contributed by atoms with Crippen LogP contribution in [0.2, 0.25) is 0 Å². The average molecular weight is 250 g/mol. The molecule has 4 nitrogen and oxygen atoms in total. The van der Waals surface area contributed by atoms with Crippen molar-refractivity contribution in [2.24, 2.45) is 13.0 Å². The second-order valence-corrected chi connectivity index (χ2v) is 5.89. The molecule has 1 fully saturated rings. The van der Waals surface area contributed by atoms with Crippen LogP contribution in [0.4, 0.5) is 0 Å². The summed E-state index contributed by atoms with van der Waals surface area (Å²) in [6, 6.07) is 2.79. The highest BCUT2D eigenvalue weighted by Crippen LogP contribution is 2.19. The Labute approximate surface area is 111 Å². The maximum absolute atomic E-state index is 4.22. The van der Waals surface area contributed by atoms with E-state index in [4.69, 9.17) is 0 Å². The van der Waals surface area contributed by atoms with Gasteiger partial charge in [-0.15, -0.1) is 0 Å². The minimum Gasteiger partial charge on any atom is -0.301 e. The molecular weight excluding hydrogens is 224 g/mol. The van der Waals surface area contributed by atoms with Gasteiger partial charge in [-0.3, -0.25) is 4.68 Å². The minimum absolute atomic E-state index is 0.692. The van der Waals surface area contributed by atoms with Crippen LogP contribution in [0.15, 0.2) is 12.3 Å². The summed E-state index contributed by atoms with van der Waals surface area (Å²) in [4.78, 5) is 5.01. The molecule has 1 aromatic rings. The van der Waals surface area contributed by atoms with Crippen LogP contribution in [-0.4, -0.2) is 52.3 Å². The lowest BCUT2D eigenvalue weighted by atomic mass is 10.1. The smallest absolute Gasteiger partial charge is 0.0520 e. The van der Waals surface area contributed by atoms with Crippen LogP contribution in [0.3, 0.4) is 0 Å². The summed E-state index contributed by atoms with van der Waals surface area (Å²) in [7, 11) is 4.23. The Morgan fingerprint density at radius 3 is 2.83 bits per heavy atom. The van der Waals surface area contributed by atoms with Crippen molar-refractivity contribution in [3.63, 3.8) is 0 Å². The van der Waals surface area contributed by atoms with Crippen LogP contribution < -0.4 is 0 Å². The van der Waals surface area contributed by atoms with Gasteiger partial charge in [-0.05, 0) is 45.8 Å². The van der Waals surface area contributed by atoms with Gasteiger partial charge in [0.2, 0.25) is 0 Å². The van der Waals surface area contributed by atoms with Crippen molar-refractivity contribution in [2.45, 2.75) is 32.9 Å². The molecule has 1 saturated heterocycles. The van der Waals surface area contributed by atoms with Gasteiger partial charge in [-0.25, -0.2) is 0 Å². The summed E-state index contributed by atoms with van der Waals surface area (Å²) in [5.41, 5.74) is 1.29. The molecule has 2 rings (SSSR count). The first-order chi connectivity index (χ1) is 8.56. The van der Waals surface area contributed by atoms with Gasteiger partial charge in [0.25, 0.3) is 0 Å². The van der Waals surface area contributed by atoms with Gasteiger partial charge in [-0.1, -0.05) is 0 Å². The predicted octanol–water partition coefficient (Wildman–Crippen LogP) is 1.58. The number of hydrogen-bond acceptors (Lipinski definition) is 3. The molecule has 0 aromatic carbocycles. The quantitative estimate of drug-likeness (QED) is 0.793. The first kappa shape index (κ1) is 13.6. The van der Waals surface area contributed by atoms with E-state index in [9.17, 15) is 0 Å². The van der Waals surface area contributed by atoms with Gasteiger partial charge in [0.1, 0.15) is 0 Å². The molecule has 1 aliphatic rings. The van der Waals surface area contributed by atoms with Gasteiger partial charge >= 0.3 is 0 Å². The maximum Gasteiger partial charge on any atom is 0.0520 e. The SMILES string of the molecule is CC(C)N1CCC(CN(C)Cc2ccnn2C)C1. The van der Waals surface area contributed by atoms with E-state index in [-0.39, 0.29) is 0 Å². The third-order valence-electron chi connectivity index (χ3n) is 3.97. The highest BCUT2D eigenvalue weighted by Gasteiger charge is 2.25. The van der Waals surface area contributed by atoms with Gasteiger partial charge in [-0.2, -0.15) is 5.10 Å². The van der Waals surface area contributed by atoms with Crippen molar-refractivity contribution in [3.05, 3.63) is 18.0 Å². The highest BCUT2D eigenvalue weighted by atomic mass is 15.3. The normalized spacial score (nSPS) is 21.3. The molecule has 18 heavy (non-hydrogen) atoms. The summed E-state index contributed by atoms with van der Waals surface area (Å²) in [5.74, 6) is 0.825. The van der Waals surface area contributed by atoms with Gasteiger partial charge in [0.05, 0.1) is 5.69 Å². The molecule has 1 atom stereocenters. The molecule has 0 aliphatic carbocycles. The first-order valence-corrected chi connectivity index (χ1v) is 6.95. The van der Waals surface area contributed by atoms with Crippen LogP contribution in [0.1, 0.15) is 26.0 Å². The van der Waals surface area contributed by atoms with E-state index < -0.39 is 0 Å². The summed E-state index contributed by atoms with van der Waals surface area (Å²) >= 11 is 0. The monoisotopic (exact) mass is 250 g/mol. The maximum atomic E-state index is 4.22. The molecule has 102 valence electrons. The van der Waals surface area contributed by atoms with E-state index in [2.05, 4.69) is 41.9 Å². The molecule has 0 N–H and O–H groups in total. The molecule has 1 aromatic heterocycles. The Bertz CT molecular complexity index is 372. The van der Waals surface area contributed by atoms with E-state index >= 15 is 0 Å². The largest absolute Gasteiger partial charge is 0.301 e. The predicted molar refractivity (Wildman–Crippen MR) is 74.4 cm³/mol. The standard InChI is InChI=1S/C14H26N4/c1-12(2)18-8-6-13(10-18)9-16(3)11-14-5-7-15-17(14)4/h5,7,12-13H,6,8-11H2,1-4H3. The van der Waals surface area contributed by atoms with Crippen LogP contribution in [-0.2, 0) is 13.6 Å². The fourth-order valence-electron chi connectivity index (χ4n) is 2.82. The Morgan fingerprint density at radius 1 is 1.50 bits per heavy atom. The van der Waals surface area contributed by atoms with Gasteiger partial charge in [0.15, 0.2) is 0 Å². The lowest BCUT2D eigenvalue weighted by molar-refractivity contribution is 0.233. The van der Waals surface area contributed by atoms with Crippen molar-refractivity contribution >= 4 is 0 Å². The van der Waals surface area contributed by atoms with Crippen molar-refractivity contribution < 1.29 is 0 Å². The Balaban J connectivity index is 1.78. The van der Waals surface area contributed by atoms with E-state index in [0.29, 0.717) is 6.04 Å². The van der Waals surface area contributed by atoms with Crippen LogP contribution >= 0.6 is 0 Å². The van der Waals surface area contributed by atoms with Crippen molar-refractivity contribution in [1.29, 1.82) is 0 Å². The molecule has 0 radical (unpaired) electrons. The molecule has 2 heterocycles. The Hall–Kier alpha value is -0.870. The van der Waals surface area contributed by atoms with Crippen LogP contribution in [0.25, 0.3) is 0 Å². The number of hydrogen-bond donors (Lipinski definition) is 0. The van der Waals surface area contributed by atoms with E-state index in [0.717, 1.165) is 12.5 Å². The molecule has 0 bridgehead atoms. The van der Waals surface area contributed by atoms with Gasteiger partial charge < -0.3 is 9.80 Å². The molecule has 0 spiro atoms. The molecule has 0 amide bonds. The number of nitrogens with zero attached hydrogens (tertiary/aromatic N) is 4. The lowest BCUT2D eigenvalue weighted by Gasteiger charge is -2.23. The number of aromatic nitrogens is 2. The summed E-state index contributed by atoms with van der Waals surface area (Å²) in [6.07, 6.45) is 3.22. The molecule has 4 heteroatoms. The second kappa shape index (κ2) is 5.85. The number of likely N-dealkylation sites (tertiary alicyclic amines) is 1. The molecule has 1 aliphatic heterocycles. The lowest BCUT2D eigenvalue weighted by Crippen LogP contribution is -2.31. The molecule has 0 saturated carbocycles. The Morgan fingerprint density at radius 2 is 2.28 bits per heavy atom. The zero-order valence-electron chi connectivity index (χ0n) is 12.1. The summed E-state index contributed by atoms with van der Waals surface area (Å²) in [6.45, 7) is 9.29. The number of rotatable bonds is 5. The average Bonchev–Trinajstić information content (AvgIpc) is 2.89. The van der Waals surface area contributed by atoms with E-state index in [1.54, 1.807) is 0 Å². The third kappa shape index (κ3) is 3.33. The fraction of sp³-hybridized carbons (Fsp3) is 0.786. The van der Waals surface area contributed by atoms with Crippen molar-refractivity contribution in [1.82, 2.24) is 19.6 Å². The third-order valence-corrected chi connectivity index (χ3v) is 3.97. The van der Waals surface area contributed by atoms with Crippen LogP contribution in [0, 0.1) is 5.92 Å². The van der Waals surface area contributed by atoms with Gasteiger partial charge in [0, 0.05) is 38.9 Å². The first-order valence-electron chi connectivity index (χ1n) is 6.95. The molecular formula is C14H26N4. The minimum atomic E-state index is 0.692. The summed E-state index contributed by atoms with van der Waals surface area (Å²) in [5, 5.41) is 4.22. The number of aryl methyl sites for hydroxylation is 1. The Kier molecular flexibility index (Phi) is 4.40. The van der Waals surface area contributed by atoms with E-state index in [1.165, 1.54) is 31.7 Å². The molecule has 1 unspecified atom stereocenters. The second-order valence-electron chi connectivity index (χ2n) is 5.89. The fourth-order valence-corrected chi connectivity index (χ4v) is 2.82. The highest BCUT2D eigenvalue weighted by molar-refractivity contribution is 4.99. The van der Waals surface area contributed by atoms with E-state index in [1.807, 2.05) is 17.9 Å².